The van der Waals surface area contributed by atoms with Crippen LogP contribution >= 0.6 is 0 Å². The summed E-state index contributed by atoms with van der Waals surface area (Å²) in [5, 5.41) is 16.0. The van der Waals surface area contributed by atoms with E-state index in [0.717, 1.165) is 49.1 Å². The topological polar surface area (TPSA) is 71.9 Å². The van der Waals surface area contributed by atoms with Gasteiger partial charge in [0.15, 0.2) is 5.82 Å². The van der Waals surface area contributed by atoms with Crippen LogP contribution in [0.15, 0.2) is 6.07 Å². The zero-order valence-corrected chi connectivity index (χ0v) is 13.5. The first-order valence-corrected chi connectivity index (χ1v) is 7.91. The van der Waals surface area contributed by atoms with Crippen molar-refractivity contribution in [2.45, 2.75) is 52.9 Å². The molecule has 0 radical (unpaired) electrons. The SMILES string of the molecule is CCOCc1nnc2n1CCN(Cc1cc(C)[nH]n1)C(C)C2. The molecule has 22 heavy (non-hydrogen) atoms. The highest BCUT2D eigenvalue weighted by atomic mass is 16.5. The van der Waals surface area contributed by atoms with Crippen molar-refractivity contribution < 1.29 is 4.74 Å². The number of nitrogens with zero attached hydrogens (tertiary/aromatic N) is 5. The van der Waals surface area contributed by atoms with Crippen molar-refractivity contribution in [2.24, 2.45) is 0 Å². The molecule has 2 aromatic rings. The van der Waals surface area contributed by atoms with Gasteiger partial charge in [-0.05, 0) is 26.8 Å². The van der Waals surface area contributed by atoms with Gasteiger partial charge in [-0.2, -0.15) is 5.10 Å². The lowest BCUT2D eigenvalue weighted by Gasteiger charge is -2.25. The van der Waals surface area contributed by atoms with Crippen LogP contribution in [-0.2, 0) is 30.9 Å². The summed E-state index contributed by atoms with van der Waals surface area (Å²) in [5.74, 6) is 1.99. The van der Waals surface area contributed by atoms with Gasteiger partial charge in [-0.1, -0.05) is 0 Å². The molecule has 120 valence electrons. The number of fused-ring (bicyclic) bond motifs is 1. The van der Waals surface area contributed by atoms with E-state index in [1.165, 1.54) is 0 Å². The summed E-state index contributed by atoms with van der Waals surface area (Å²) in [6.45, 7) is 10.2. The number of hydrogen-bond acceptors (Lipinski definition) is 5. The van der Waals surface area contributed by atoms with Crippen molar-refractivity contribution in [3.8, 4) is 0 Å². The smallest absolute Gasteiger partial charge is 0.159 e. The number of H-pyrrole nitrogens is 1. The molecule has 2 aromatic heterocycles. The molecule has 0 bridgehead atoms. The molecule has 1 unspecified atom stereocenters. The first-order chi connectivity index (χ1) is 10.7. The molecule has 0 aliphatic carbocycles. The average molecular weight is 304 g/mol. The summed E-state index contributed by atoms with van der Waals surface area (Å²) in [6.07, 6.45) is 0.905. The van der Waals surface area contributed by atoms with Crippen molar-refractivity contribution in [3.05, 3.63) is 29.1 Å². The quantitative estimate of drug-likeness (QED) is 0.901. The van der Waals surface area contributed by atoms with Crippen LogP contribution in [0.1, 0.15) is 36.9 Å². The summed E-state index contributed by atoms with van der Waals surface area (Å²) in [5.41, 5.74) is 2.20. The van der Waals surface area contributed by atoms with E-state index >= 15 is 0 Å². The highest BCUT2D eigenvalue weighted by molar-refractivity contribution is 5.07. The Balaban J connectivity index is 1.70. The third-order valence-corrected chi connectivity index (χ3v) is 4.18. The molecule has 1 aliphatic heterocycles. The van der Waals surface area contributed by atoms with E-state index < -0.39 is 0 Å². The third kappa shape index (κ3) is 3.20. The van der Waals surface area contributed by atoms with Crippen LogP contribution in [0.3, 0.4) is 0 Å². The molecule has 7 nitrogen and oxygen atoms in total. The molecule has 0 fully saturated rings. The molecule has 7 heteroatoms. The van der Waals surface area contributed by atoms with Crippen molar-refractivity contribution >= 4 is 0 Å². The fourth-order valence-electron chi connectivity index (χ4n) is 2.92. The van der Waals surface area contributed by atoms with E-state index in [1.54, 1.807) is 0 Å². The third-order valence-electron chi connectivity index (χ3n) is 4.18. The molecule has 3 rings (SSSR count). The minimum atomic E-state index is 0.419. The van der Waals surface area contributed by atoms with Crippen molar-refractivity contribution in [2.75, 3.05) is 13.2 Å². The Labute approximate surface area is 130 Å². The van der Waals surface area contributed by atoms with Gasteiger partial charge in [0.2, 0.25) is 0 Å². The van der Waals surface area contributed by atoms with Crippen LogP contribution in [0.5, 0.6) is 0 Å². The van der Waals surface area contributed by atoms with Crippen LogP contribution in [0, 0.1) is 6.92 Å². The number of hydrogen-bond donors (Lipinski definition) is 1. The van der Waals surface area contributed by atoms with Crippen molar-refractivity contribution in [3.63, 3.8) is 0 Å². The largest absolute Gasteiger partial charge is 0.374 e. The summed E-state index contributed by atoms with van der Waals surface area (Å²) in [6, 6.07) is 2.53. The first-order valence-electron chi connectivity index (χ1n) is 7.91. The van der Waals surface area contributed by atoms with Crippen LogP contribution in [0.2, 0.25) is 0 Å². The summed E-state index contributed by atoms with van der Waals surface area (Å²) in [7, 11) is 0. The second kappa shape index (κ2) is 6.58. The number of aryl methyl sites for hydroxylation is 1. The van der Waals surface area contributed by atoms with Gasteiger partial charge in [0.1, 0.15) is 12.4 Å². The van der Waals surface area contributed by atoms with E-state index in [9.17, 15) is 0 Å². The molecule has 1 aliphatic rings. The number of nitrogens with one attached hydrogen (secondary N) is 1. The Bertz CT molecular complexity index is 619. The van der Waals surface area contributed by atoms with Crippen molar-refractivity contribution in [1.29, 1.82) is 0 Å². The van der Waals surface area contributed by atoms with Crippen LogP contribution in [-0.4, -0.2) is 49.1 Å². The van der Waals surface area contributed by atoms with Gasteiger partial charge in [-0.15, -0.1) is 10.2 Å². The predicted molar refractivity (Wildman–Crippen MR) is 82.3 cm³/mol. The predicted octanol–water partition coefficient (Wildman–Crippen LogP) is 1.29. The molecule has 0 saturated heterocycles. The standard InChI is InChI=1S/C15H24N6O/c1-4-22-10-15-19-18-14-8-12(3)20(5-6-21(14)15)9-13-7-11(2)16-17-13/h7,12H,4-6,8-10H2,1-3H3,(H,16,17). The molecule has 3 heterocycles. The Morgan fingerprint density at radius 1 is 1.36 bits per heavy atom. The van der Waals surface area contributed by atoms with Gasteiger partial charge < -0.3 is 9.30 Å². The minimum absolute atomic E-state index is 0.419. The second-order valence-electron chi connectivity index (χ2n) is 5.89. The molecule has 0 aromatic carbocycles. The van der Waals surface area contributed by atoms with E-state index in [1.807, 2.05) is 13.8 Å². The van der Waals surface area contributed by atoms with Gasteiger partial charge in [-0.3, -0.25) is 10.00 Å². The van der Waals surface area contributed by atoms with Crippen molar-refractivity contribution in [1.82, 2.24) is 29.9 Å². The summed E-state index contributed by atoms with van der Waals surface area (Å²) >= 11 is 0. The number of ether oxygens (including phenoxy) is 1. The van der Waals surface area contributed by atoms with Gasteiger partial charge >= 0.3 is 0 Å². The molecule has 0 saturated carbocycles. The molecular weight excluding hydrogens is 280 g/mol. The highest BCUT2D eigenvalue weighted by Gasteiger charge is 2.24. The van der Waals surface area contributed by atoms with Gasteiger partial charge in [0.05, 0.1) is 5.69 Å². The molecule has 1 atom stereocenters. The fourth-order valence-corrected chi connectivity index (χ4v) is 2.92. The van der Waals surface area contributed by atoms with Gasteiger partial charge in [0, 0.05) is 44.4 Å². The zero-order valence-electron chi connectivity index (χ0n) is 13.5. The van der Waals surface area contributed by atoms with E-state index in [0.29, 0.717) is 19.3 Å². The Hall–Kier alpha value is -1.73. The molecule has 0 amide bonds. The van der Waals surface area contributed by atoms with Crippen LogP contribution < -0.4 is 0 Å². The van der Waals surface area contributed by atoms with E-state index in [-0.39, 0.29) is 0 Å². The maximum absolute atomic E-state index is 5.49. The number of rotatable bonds is 5. The molecule has 0 spiro atoms. The van der Waals surface area contributed by atoms with E-state index in [2.05, 4.69) is 42.9 Å². The lowest BCUT2D eigenvalue weighted by molar-refractivity contribution is 0.124. The second-order valence-corrected chi connectivity index (χ2v) is 5.89. The highest BCUT2D eigenvalue weighted by Crippen LogP contribution is 2.17. The normalized spacial score (nSPS) is 19.1. The maximum Gasteiger partial charge on any atom is 0.159 e. The monoisotopic (exact) mass is 304 g/mol. The zero-order chi connectivity index (χ0) is 15.5. The first kappa shape index (κ1) is 15.2. The van der Waals surface area contributed by atoms with Crippen LogP contribution in [0.25, 0.3) is 0 Å². The fraction of sp³-hybridized carbons (Fsp3) is 0.667. The number of aromatic amines is 1. The van der Waals surface area contributed by atoms with E-state index in [4.69, 9.17) is 4.74 Å². The Morgan fingerprint density at radius 2 is 2.23 bits per heavy atom. The Kier molecular flexibility index (Phi) is 4.54. The lowest BCUT2D eigenvalue weighted by Crippen LogP contribution is -2.34. The Morgan fingerprint density at radius 3 is 2.95 bits per heavy atom. The number of aromatic nitrogens is 5. The van der Waals surface area contributed by atoms with Crippen LogP contribution in [0.4, 0.5) is 0 Å². The van der Waals surface area contributed by atoms with Gasteiger partial charge in [0.25, 0.3) is 0 Å². The molecular formula is C15H24N6O. The average Bonchev–Trinajstić information content (AvgIpc) is 3.03. The summed E-state index contributed by atoms with van der Waals surface area (Å²) in [4.78, 5) is 2.45. The minimum Gasteiger partial charge on any atom is -0.374 e. The lowest BCUT2D eigenvalue weighted by atomic mass is 10.2. The maximum atomic E-state index is 5.49. The van der Waals surface area contributed by atoms with Gasteiger partial charge in [-0.25, -0.2) is 0 Å². The summed E-state index contributed by atoms with van der Waals surface area (Å²) < 4.78 is 7.70. The molecule has 1 N–H and O–H groups in total.